The summed E-state index contributed by atoms with van der Waals surface area (Å²) in [5, 5.41) is 0. The van der Waals surface area contributed by atoms with Crippen LogP contribution in [0.15, 0.2) is 36.4 Å². The third kappa shape index (κ3) is 5.76. The number of methoxy groups -OCH3 is 1. The monoisotopic (exact) mass is 358 g/mol. The Balaban J connectivity index is 2.31. The van der Waals surface area contributed by atoms with Crippen LogP contribution < -0.4 is 9.47 Å². The maximum Gasteiger partial charge on any atom is 0.131 e. The van der Waals surface area contributed by atoms with Gasteiger partial charge in [-0.1, -0.05) is 52.2 Å². The molecule has 2 aromatic carbocycles. The molecule has 0 spiro atoms. The largest absolute Gasteiger partial charge is 0.497 e. The van der Waals surface area contributed by atoms with Crippen LogP contribution in [0.25, 0.3) is 11.1 Å². The third-order valence-electron chi connectivity index (χ3n) is 4.41. The van der Waals surface area contributed by atoms with E-state index in [0.717, 1.165) is 30.6 Å². The zero-order valence-electron chi connectivity index (χ0n) is 16.5. The molecule has 142 valence electrons. The van der Waals surface area contributed by atoms with E-state index in [0.29, 0.717) is 23.8 Å². The van der Waals surface area contributed by atoms with Gasteiger partial charge in [-0.2, -0.15) is 0 Å². The first kappa shape index (κ1) is 20.3. The van der Waals surface area contributed by atoms with E-state index in [2.05, 4.69) is 32.9 Å². The molecule has 3 heteroatoms. The Hall–Kier alpha value is -2.03. The van der Waals surface area contributed by atoms with Crippen molar-refractivity contribution in [3.8, 4) is 22.6 Å². The molecule has 26 heavy (non-hydrogen) atoms. The maximum atomic E-state index is 14.5. The predicted molar refractivity (Wildman–Crippen MR) is 107 cm³/mol. The molecule has 0 fully saturated rings. The molecule has 0 N–H and O–H groups in total. The van der Waals surface area contributed by atoms with E-state index in [1.807, 2.05) is 6.07 Å². The standard InChI is InChI=1S/C23H31FO2/c1-5-6-7-8-13-26-23-15-18(14-17(2)3)9-11-20(23)21-16-19(25-4)10-12-22(21)24/h9-12,15-17H,5-8,13-14H2,1-4H3. The zero-order valence-corrected chi connectivity index (χ0v) is 16.5. The Morgan fingerprint density at radius 2 is 1.77 bits per heavy atom. The lowest BCUT2D eigenvalue weighted by atomic mass is 9.97. The minimum Gasteiger partial charge on any atom is -0.497 e. The second kappa shape index (κ2) is 10.2. The molecular formula is C23H31FO2. The fraction of sp³-hybridized carbons (Fsp3) is 0.478. The molecule has 0 atom stereocenters. The van der Waals surface area contributed by atoms with Gasteiger partial charge in [-0.25, -0.2) is 4.39 Å². The smallest absolute Gasteiger partial charge is 0.131 e. The van der Waals surface area contributed by atoms with Crippen molar-refractivity contribution in [1.29, 1.82) is 0 Å². The van der Waals surface area contributed by atoms with Crippen LogP contribution in [-0.4, -0.2) is 13.7 Å². The summed E-state index contributed by atoms with van der Waals surface area (Å²) in [4.78, 5) is 0. The summed E-state index contributed by atoms with van der Waals surface area (Å²) in [7, 11) is 1.59. The van der Waals surface area contributed by atoms with Gasteiger partial charge in [-0.3, -0.25) is 0 Å². The van der Waals surface area contributed by atoms with Crippen molar-refractivity contribution in [1.82, 2.24) is 0 Å². The predicted octanol–water partition coefficient (Wildman–Crippen LogP) is 6.66. The molecular weight excluding hydrogens is 327 g/mol. The first-order valence-corrected chi connectivity index (χ1v) is 9.64. The Bertz CT molecular complexity index is 695. The molecule has 0 amide bonds. The summed E-state index contributed by atoms with van der Waals surface area (Å²) < 4.78 is 25.8. The molecule has 0 aliphatic heterocycles. The van der Waals surface area contributed by atoms with Gasteiger partial charge in [-0.15, -0.1) is 0 Å². The lowest BCUT2D eigenvalue weighted by Crippen LogP contribution is -2.02. The summed E-state index contributed by atoms with van der Waals surface area (Å²) >= 11 is 0. The normalized spacial score (nSPS) is 11.0. The Morgan fingerprint density at radius 3 is 2.46 bits per heavy atom. The van der Waals surface area contributed by atoms with Crippen molar-refractivity contribution < 1.29 is 13.9 Å². The molecule has 0 aliphatic rings. The second-order valence-corrected chi connectivity index (χ2v) is 7.18. The summed E-state index contributed by atoms with van der Waals surface area (Å²) in [6.45, 7) is 7.24. The second-order valence-electron chi connectivity index (χ2n) is 7.18. The van der Waals surface area contributed by atoms with Gasteiger partial charge >= 0.3 is 0 Å². The Kier molecular flexibility index (Phi) is 7.96. The molecule has 0 aromatic heterocycles. The highest BCUT2D eigenvalue weighted by Crippen LogP contribution is 2.35. The van der Waals surface area contributed by atoms with Crippen LogP contribution >= 0.6 is 0 Å². The maximum absolute atomic E-state index is 14.5. The summed E-state index contributed by atoms with van der Waals surface area (Å²) in [5.41, 5.74) is 2.52. The van der Waals surface area contributed by atoms with Crippen molar-refractivity contribution in [2.45, 2.75) is 52.9 Å². The van der Waals surface area contributed by atoms with Crippen LogP contribution in [0.1, 0.15) is 52.0 Å². The van der Waals surface area contributed by atoms with Crippen LogP contribution in [-0.2, 0) is 6.42 Å². The Morgan fingerprint density at radius 1 is 0.962 bits per heavy atom. The first-order chi connectivity index (χ1) is 12.5. The van der Waals surface area contributed by atoms with Crippen molar-refractivity contribution in [2.24, 2.45) is 5.92 Å². The molecule has 0 aliphatic carbocycles. The number of unbranched alkanes of at least 4 members (excludes halogenated alkanes) is 3. The molecule has 0 unspecified atom stereocenters. The number of benzene rings is 2. The molecule has 0 bridgehead atoms. The molecule has 0 heterocycles. The lowest BCUT2D eigenvalue weighted by Gasteiger charge is -2.15. The number of hydrogen-bond acceptors (Lipinski definition) is 2. The minimum atomic E-state index is -0.266. The van der Waals surface area contributed by atoms with Crippen LogP contribution in [0.3, 0.4) is 0 Å². The molecule has 0 saturated carbocycles. The molecule has 2 nitrogen and oxygen atoms in total. The van der Waals surface area contributed by atoms with Gasteiger partial charge in [0.15, 0.2) is 0 Å². The van der Waals surface area contributed by atoms with Crippen molar-refractivity contribution in [3.63, 3.8) is 0 Å². The SMILES string of the molecule is CCCCCCOc1cc(CC(C)C)ccc1-c1cc(OC)ccc1F. The highest BCUT2D eigenvalue weighted by molar-refractivity contribution is 5.72. The van der Waals surface area contributed by atoms with E-state index in [1.54, 1.807) is 19.2 Å². The lowest BCUT2D eigenvalue weighted by molar-refractivity contribution is 0.306. The Labute approximate surface area is 157 Å². The van der Waals surface area contributed by atoms with E-state index in [4.69, 9.17) is 9.47 Å². The van der Waals surface area contributed by atoms with Gasteiger partial charge in [-0.05, 0) is 48.6 Å². The van der Waals surface area contributed by atoms with Gasteiger partial charge in [0.25, 0.3) is 0 Å². The van der Waals surface area contributed by atoms with Gasteiger partial charge in [0.1, 0.15) is 17.3 Å². The molecule has 2 aromatic rings. The average molecular weight is 358 g/mol. The molecule has 0 saturated heterocycles. The van der Waals surface area contributed by atoms with E-state index in [9.17, 15) is 4.39 Å². The highest BCUT2D eigenvalue weighted by Gasteiger charge is 2.14. The highest BCUT2D eigenvalue weighted by atomic mass is 19.1. The van der Waals surface area contributed by atoms with Gasteiger partial charge < -0.3 is 9.47 Å². The van der Waals surface area contributed by atoms with Crippen LogP contribution in [0.4, 0.5) is 4.39 Å². The van der Waals surface area contributed by atoms with E-state index in [1.165, 1.54) is 24.5 Å². The number of hydrogen-bond donors (Lipinski definition) is 0. The quantitative estimate of drug-likeness (QED) is 0.442. The average Bonchev–Trinajstić information content (AvgIpc) is 2.62. The van der Waals surface area contributed by atoms with Gasteiger partial charge in [0.2, 0.25) is 0 Å². The van der Waals surface area contributed by atoms with E-state index < -0.39 is 0 Å². The third-order valence-corrected chi connectivity index (χ3v) is 4.41. The summed E-state index contributed by atoms with van der Waals surface area (Å²) in [6.07, 6.45) is 5.57. The zero-order chi connectivity index (χ0) is 18.9. The van der Waals surface area contributed by atoms with Crippen molar-refractivity contribution in [2.75, 3.05) is 13.7 Å². The fourth-order valence-corrected chi connectivity index (χ4v) is 3.06. The van der Waals surface area contributed by atoms with Gasteiger partial charge in [0.05, 0.1) is 13.7 Å². The van der Waals surface area contributed by atoms with Crippen LogP contribution in [0.5, 0.6) is 11.5 Å². The molecule has 2 rings (SSSR count). The molecule has 0 radical (unpaired) electrons. The van der Waals surface area contributed by atoms with Crippen LogP contribution in [0.2, 0.25) is 0 Å². The number of halogens is 1. The summed E-state index contributed by atoms with van der Waals surface area (Å²) in [5.74, 6) is 1.69. The van der Waals surface area contributed by atoms with E-state index >= 15 is 0 Å². The van der Waals surface area contributed by atoms with Crippen molar-refractivity contribution >= 4 is 0 Å². The van der Waals surface area contributed by atoms with Crippen LogP contribution in [0, 0.1) is 11.7 Å². The van der Waals surface area contributed by atoms with Crippen molar-refractivity contribution in [3.05, 3.63) is 47.8 Å². The van der Waals surface area contributed by atoms with Gasteiger partial charge in [0, 0.05) is 11.1 Å². The summed E-state index contributed by atoms with van der Waals surface area (Å²) in [6, 6.07) is 10.9. The first-order valence-electron chi connectivity index (χ1n) is 9.64. The number of rotatable bonds is 10. The fourth-order valence-electron chi connectivity index (χ4n) is 3.06. The topological polar surface area (TPSA) is 18.5 Å². The minimum absolute atomic E-state index is 0.266. The number of ether oxygens (including phenoxy) is 2. The van der Waals surface area contributed by atoms with E-state index in [-0.39, 0.29) is 5.82 Å².